The number of aromatic nitrogens is 1. The van der Waals surface area contributed by atoms with E-state index in [-0.39, 0.29) is 17.3 Å². The maximum Gasteiger partial charge on any atom is 0.342 e. The predicted molar refractivity (Wildman–Crippen MR) is 119 cm³/mol. The van der Waals surface area contributed by atoms with Gasteiger partial charge in [-0.1, -0.05) is 0 Å². The number of piperazine rings is 1. The summed E-state index contributed by atoms with van der Waals surface area (Å²) in [6.45, 7) is 7.19. The van der Waals surface area contributed by atoms with Gasteiger partial charge in [-0.05, 0) is 32.1 Å². The Morgan fingerprint density at radius 1 is 1.19 bits per heavy atom. The van der Waals surface area contributed by atoms with Gasteiger partial charge in [-0.2, -0.15) is 4.99 Å². The van der Waals surface area contributed by atoms with Gasteiger partial charge in [-0.25, -0.2) is 9.78 Å². The van der Waals surface area contributed by atoms with Crippen LogP contribution in [0.4, 0.5) is 10.5 Å². The second-order valence-corrected chi connectivity index (χ2v) is 7.05. The summed E-state index contributed by atoms with van der Waals surface area (Å²) in [5, 5.41) is 5.07. The number of carbonyl (C=O) groups is 3. The first-order valence-electron chi connectivity index (χ1n) is 10.0. The fraction of sp³-hybridized carbons (Fsp3) is 0.450. The maximum atomic E-state index is 11.8. The minimum Gasteiger partial charge on any atom is -0.384 e. The first kappa shape index (κ1) is 23.8. The van der Waals surface area contributed by atoms with Gasteiger partial charge >= 0.3 is 6.03 Å². The molecule has 0 saturated carbocycles. The molecule has 0 aromatic carbocycles. The van der Waals surface area contributed by atoms with E-state index < -0.39 is 11.9 Å². The van der Waals surface area contributed by atoms with E-state index in [4.69, 9.17) is 11.5 Å². The molecule has 0 radical (unpaired) electrons. The predicted octanol–water partition coefficient (Wildman–Crippen LogP) is -0.630. The molecule has 31 heavy (non-hydrogen) atoms. The Morgan fingerprint density at radius 2 is 1.87 bits per heavy atom. The van der Waals surface area contributed by atoms with Gasteiger partial charge in [0.25, 0.3) is 5.91 Å². The number of carbonyl (C=O) groups excluding carboxylic acids is 3. The lowest BCUT2D eigenvalue weighted by Crippen LogP contribution is -2.48. The molecule has 1 aromatic heterocycles. The van der Waals surface area contributed by atoms with Crippen molar-refractivity contribution < 1.29 is 14.4 Å². The van der Waals surface area contributed by atoms with Gasteiger partial charge in [-0.15, -0.1) is 0 Å². The Bertz CT molecular complexity index is 888. The van der Waals surface area contributed by atoms with E-state index in [1.54, 1.807) is 20.0 Å². The largest absolute Gasteiger partial charge is 0.384 e. The van der Waals surface area contributed by atoms with Gasteiger partial charge in [0.2, 0.25) is 5.91 Å². The molecule has 1 aliphatic rings. The quantitative estimate of drug-likeness (QED) is 0.255. The van der Waals surface area contributed by atoms with Crippen molar-refractivity contribution in [1.29, 1.82) is 0 Å². The van der Waals surface area contributed by atoms with E-state index in [0.29, 0.717) is 31.9 Å². The number of nitrogens with two attached hydrogens (primary N) is 2. The van der Waals surface area contributed by atoms with E-state index >= 15 is 0 Å². The summed E-state index contributed by atoms with van der Waals surface area (Å²) in [7, 11) is 1.57. The Balaban J connectivity index is 2.01. The third-order valence-corrected chi connectivity index (χ3v) is 4.82. The fourth-order valence-electron chi connectivity index (χ4n) is 3.24. The average molecular weight is 431 g/mol. The van der Waals surface area contributed by atoms with Crippen LogP contribution in [0.5, 0.6) is 0 Å². The highest BCUT2D eigenvalue weighted by Crippen LogP contribution is 2.20. The number of amides is 4. The fourth-order valence-corrected chi connectivity index (χ4v) is 3.24. The van der Waals surface area contributed by atoms with E-state index in [2.05, 4.69) is 30.4 Å². The molecule has 1 aliphatic heterocycles. The molecule has 0 unspecified atom stereocenters. The topological polar surface area (TPSA) is 159 Å². The summed E-state index contributed by atoms with van der Waals surface area (Å²) in [6, 6.07) is 3.04. The van der Waals surface area contributed by atoms with Gasteiger partial charge < -0.3 is 27.0 Å². The highest BCUT2D eigenvalue weighted by molar-refractivity contribution is 6.05. The van der Waals surface area contributed by atoms with Crippen LogP contribution in [0.3, 0.4) is 0 Å². The minimum absolute atomic E-state index is 0.0729. The standard InChI is InChI=1S/C20H30N8O3/c1-4-24-20(31)26-17(21)11-14(18(22)29)12-27-7-9-28(10-8-27)16-6-5-15(19(30)23-3)25-13(16)2/h5-6,11H,4,7-10,12H2,1-3H3,(H2,22,29)(H,23,30)(H3,21,24,26,31)/b14-11-. The van der Waals surface area contributed by atoms with Crippen LogP contribution in [0.2, 0.25) is 0 Å². The average Bonchev–Trinajstić information content (AvgIpc) is 2.73. The molecule has 0 bridgehead atoms. The van der Waals surface area contributed by atoms with Crippen molar-refractivity contribution in [1.82, 2.24) is 20.5 Å². The summed E-state index contributed by atoms with van der Waals surface area (Å²) in [4.78, 5) is 47.4. The molecule has 0 spiro atoms. The molecule has 11 nitrogen and oxygen atoms in total. The lowest BCUT2D eigenvalue weighted by atomic mass is 10.1. The van der Waals surface area contributed by atoms with Gasteiger partial charge in [0.05, 0.1) is 11.4 Å². The van der Waals surface area contributed by atoms with E-state index in [1.807, 2.05) is 13.0 Å². The van der Waals surface area contributed by atoms with E-state index in [1.165, 1.54) is 6.08 Å². The summed E-state index contributed by atoms with van der Waals surface area (Å²) >= 11 is 0. The lowest BCUT2D eigenvalue weighted by Gasteiger charge is -2.36. The Labute approximate surface area is 181 Å². The Morgan fingerprint density at radius 3 is 2.42 bits per heavy atom. The summed E-state index contributed by atoms with van der Waals surface area (Å²) in [6.07, 6.45) is 1.34. The molecule has 1 saturated heterocycles. The number of hydrogen-bond acceptors (Lipinski definition) is 6. The Kier molecular flexibility index (Phi) is 8.50. The van der Waals surface area contributed by atoms with E-state index in [0.717, 1.165) is 24.5 Å². The molecular formula is C20H30N8O3. The number of hydrogen-bond donors (Lipinski definition) is 4. The molecule has 6 N–H and O–H groups in total. The van der Waals surface area contributed by atoms with Crippen molar-refractivity contribution in [3.63, 3.8) is 0 Å². The molecule has 168 valence electrons. The summed E-state index contributed by atoms with van der Waals surface area (Å²) < 4.78 is 0. The molecule has 4 amide bonds. The first-order chi connectivity index (χ1) is 14.7. The van der Waals surface area contributed by atoms with Crippen LogP contribution in [-0.2, 0) is 4.79 Å². The van der Waals surface area contributed by atoms with Gasteiger partial charge in [0.1, 0.15) is 11.5 Å². The van der Waals surface area contributed by atoms with Crippen LogP contribution in [0.15, 0.2) is 28.8 Å². The van der Waals surface area contributed by atoms with Crippen LogP contribution in [0, 0.1) is 6.92 Å². The van der Waals surface area contributed by atoms with Crippen LogP contribution in [0.1, 0.15) is 23.1 Å². The van der Waals surface area contributed by atoms with Gasteiger partial charge in [0, 0.05) is 51.9 Å². The number of nitrogens with one attached hydrogen (secondary N) is 2. The van der Waals surface area contributed by atoms with Crippen LogP contribution < -0.4 is 27.0 Å². The summed E-state index contributed by atoms with van der Waals surface area (Å²) in [5.74, 6) is -0.905. The van der Waals surface area contributed by atoms with Crippen molar-refractivity contribution in [2.75, 3.05) is 51.2 Å². The van der Waals surface area contributed by atoms with Crippen LogP contribution >= 0.6 is 0 Å². The van der Waals surface area contributed by atoms with E-state index in [9.17, 15) is 14.4 Å². The first-order valence-corrected chi connectivity index (χ1v) is 10.0. The summed E-state index contributed by atoms with van der Waals surface area (Å²) in [5.41, 5.74) is 13.6. The Hall–Kier alpha value is -3.47. The number of pyridine rings is 1. The van der Waals surface area contributed by atoms with Crippen molar-refractivity contribution >= 4 is 29.4 Å². The van der Waals surface area contributed by atoms with Crippen LogP contribution in [-0.4, -0.2) is 79.9 Å². The monoisotopic (exact) mass is 430 g/mol. The van der Waals surface area contributed by atoms with Crippen molar-refractivity contribution in [2.45, 2.75) is 13.8 Å². The zero-order chi connectivity index (χ0) is 23.0. The number of anilines is 1. The third-order valence-electron chi connectivity index (χ3n) is 4.82. The molecule has 1 fully saturated rings. The molecule has 1 aromatic rings. The van der Waals surface area contributed by atoms with Crippen molar-refractivity contribution in [2.24, 2.45) is 16.5 Å². The zero-order valence-corrected chi connectivity index (χ0v) is 18.1. The molecule has 0 atom stereocenters. The number of nitrogens with zero attached hydrogens (tertiary/aromatic N) is 4. The molecule has 11 heteroatoms. The SMILES string of the molecule is CCNC(=O)/N=C(N)/C=C(/CN1CCN(c2ccc(C(=O)NC)nc2C)CC1)C(N)=O. The second kappa shape index (κ2) is 11.1. The third kappa shape index (κ3) is 6.78. The zero-order valence-electron chi connectivity index (χ0n) is 18.1. The molecule has 0 aliphatic carbocycles. The second-order valence-electron chi connectivity index (χ2n) is 7.05. The number of primary amides is 1. The smallest absolute Gasteiger partial charge is 0.342 e. The lowest BCUT2D eigenvalue weighted by molar-refractivity contribution is -0.114. The normalized spacial score (nSPS) is 15.5. The highest BCUT2D eigenvalue weighted by atomic mass is 16.2. The number of urea groups is 1. The minimum atomic E-state index is -0.610. The van der Waals surface area contributed by atoms with Gasteiger partial charge in [0.15, 0.2) is 0 Å². The maximum absolute atomic E-state index is 11.8. The van der Waals surface area contributed by atoms with Gasteiger partial charge in [-0.3, -0.25) is 14.5 Å². The van der Waals surface area contributed by atoms with Crippen molar-refractivity contribution in [3.8, 4) is 0 Å². The molecular weight excluding hydrogens is 400 g/mol. The highest BCUT2D eigenvalue weighted by Gasteiger charge is 2.21. The van der Waals surface area contributed by atoms with Crippen molar-refractivity contribution in [3.05, 3.63) is 35.2 Å². The van der Waals surface area contributed by atoms with Crippen LogP contribution in [0.25, 0.3) is 0 Å². The number of aliphatic imine (C=N–C) groups is 1. The molecule has 2 rings (SSSR count). The molecule has 2 heterocycles. The number of amidine groups is 1. The number of aryl methyl sites for hydroxylation is 1. The number of rotatable bonds is 7.